The number of nitrogens with zero attached hydrogens (tertiary/aromatic N) is 1. The van der Waals surface area contributed by atoms with Crippen LogP contribution in [0.25, 0.3) is 0 Å². The first kappa shape index (κ1) is 16.4. The molecular weight excluding hydrogens is 302 g/mol. The van der Waals surface area contributed by atoms with Gasteiger partial charge in [0.15, 0.2) is 6.10 Å². The second-order valence-corrected chi connectivity index (χ2v) is 6.45. The number of fused-ring (bicyclic) bond motifs is 1. The Morgan fingerprint density at radius 1 is 1.12 bits per heavy atom. The lowest BCUT2D eigenvalue weighted by atomic mass is 10.0. The molecule has 2 aromatic rings. The summed E-state index contributed by atoms with van der Waals surface area (Å²) in [6, 6.07) is 11.2. The predicted molar refractivity (Wildman–Crippen MR) is 94.8 cm³/mol. The molecule has 4 nitrogen and oxygen atoms in total. The largest absolute Gasteiger partial charge is 0.508 e. The van der Waals surface area contributed by atoms with Crippen LogP contribution in [0.5, 0.6) is 11.5 Å². The van der Waals surface area contributed by atoms with Gasteiger partial charge >= 0.3 is 0 Å². The van der Waals surface area contributed by atoms with Crippen molar-refractivity contribution in [2.75, 3.05) is 11.4 Å². The number of amides is 1. The van der Waals surface area contributed by atoms with Crippen LogP contribution in [0.4, 0.5) is 5.69 Å². The summed E-state index contributed by atoms with van der Waals surface area (Å²) in [5, 5.41) is 9.74. The van der Waals surface area contributed by atoms with Crippen LogP contribution in [-0.2, 0) is 11.2 Å². The van der Waals surface area contributed by atoms with Gasteiger partial charge in [-0.1, -0.05) is 36.2 Å². The number of benzene rings is 2. The van der Waals surface area contributed by atoms with Gasteiger partial charge in [0.25, 0.3) is 5.91 Å². The van der Waals surface area contributed by atoms with Crippen LogP contribution in [0.3, 0.4) is 0 Å². The van der Waals surface area contributed by atoms with Crippen LogP contribution >= 0.6 is 0 Å². The second-order valence-electron chi connectivity index (χ2n) is 6.45. The molecule has 0 aromatic heterocycles. The zero-order chi connectivity index (χ0) is 17.3. The second kappa shape index (κ2) is 6.56. The average Bonchev–Trinajstić information content (AvgIpc) is 2.50. The number of carbonyl (C=O) groups excluding carboxylic acids is 1. The van der Waals surface area contributed by atoms with Crippen LogP contribution in [0.15, 0.2) is 36.4 Å². The zero-order valence-electron chi connectivity index (χ0n) is 14.4. The molecular formula is C20H23NO3. The Labute approximate surface area is 142 Å². The fraction of sp³-hybridized carbons (Fsp3) is 0.350. The minimum atomic E-state index is -0.563. The molecule has 3 rings (SSSR count). The van der Waals surface area contributed by atoms with Gasteiger partial charge in [0.05, 0.1) is 5.69 Å². The van der Waals surface area contributed by atoms with E-state index in [1.807, 2.05) is 6.92 Å². The van der Waals surface area contributed by atoms with Crippen molar-refractivity contribution in [2.45, 2.75) is 39.7 Å². The third kappa shape index (κ3) is 3.23. The number of aromatic hydroxyl groups is 1. The van der Waals surface area contributed by atoms with Gasteiger partial charge in [0, 0.05) is 19.0 Å². The van der Waals surface area contributed by atoms with Crippen molar-refractivity contribution >= 4 is 11.6 Å². The number of aryl methyl sites for hydroxylation is 2. The maximum absolute atomic E-state index is 12.9. The Bertz CT molecular complexity index is 749. The number of hydrogen-bond donors (Lipinski definition) is 1. The first-order valence-corrected chi connectivity index (χ1v) is 8.36. The standard InChI is InChI=1S/C20H23NO3/c1-4-7-21-17-6-5-16(22)12-18(17)24-19(20(21)23)11-15-9-13(2)8-14(3)10-15/h5-6,8-10,12,19,22H,4,7,11H2,1-3H3. The van der Waals surface area contributed by atoms with Crippen molar-refractivity contribution in [1.82, 2.24) is 0 Å². The molecule has 1 aliphatic rings. The molecule has 0 bridgehead atoms. The number of ether oxygens (including phenoxy) is 1. The first-order chi connectivity index (χ1) is 11.5. The van der Waals surface area contributed by atoms with E-state index in [1.54, 1.807) is 23.1 Å². The number of carbonyl (C=O) groups is 1. The fourth-order valence-electron chi connectivity index (χ4n) is 3.30. The molecule has 0 saturated heterocycles. The Kier molecular flexibility index (Phi) is 4.47. The summed E-state index contributed by atoms with van der Waals surface area (Å²) in [7, 11) is 0. The van der Waals surface area contributed by atoms with Crippen LogP contribution < -0.4 is 9.64 Å². The number of phenols is 1. The minimum Gasteiger partial charge on any atom is -0.508 e. The first-order valence-electron chi connectivity index (χ1n) is 8.36. The van der Waals surface area contributed by atoms with E-state index in [4.69, 9.17) is 4.74 Å². The van der Waals surface area contributed by atoms with E-state index in [1.165, 1.54) is 11.1 Å². The van der Waals surface area contributed by atoms with Crippen LogP contribution in [0.2, 0.25) is 0 Å². The number of rotatable bonds is 4. The lowest BCUT2D eigenvalue weighted by Gasteiger charge is -2.34. The van der Waals surface area contributed by atoms with Crippen molar-refractivity contribution in [3.63, 3.8) is 0 Å². The Morgan fingerprint density at radius 3 is 2.50 bits per heavy atom. The summed E-state index contributed by atoms with van der Waals surface area (Å²) in [6.45, 7) is 6.79. The molecule has 0 spiro atoms. The van der Waals surface area contributed by atoms with E-state index in [0.717, 1.165) is 17.7 Å². The molecule has 1 unspecified atom stereocenters. The minimum absolute atomic E-state index is 0.0193. The van der Waals surface area contributed by atoms with Crippen molar-refractivity contribution < 1.29 is 14.6 Å². The number of phenolic OH excluding ortho intramolecular Hbond substituents is 1. The molecule has 1 amide bonds. The maximum atomic E-state index is 12.9. The lowest BCUT2D eigenvalue weighted by molar-refractivity contribution is -0.126. The average molecular weight is 325 g/mol. The van der Waals surface area contributed by atoms with E-state index in [-0.39, 0.29) is 11.7 Å². The van der Waals surface area contributed by atoms with Gasteiger partial charge < -0.3 is 14.7 Å². The summed E-state index contributed by atoms with van der Waals surface area (Å²) < 4.78 is 5.93. The molecule has 0 saturated carbocycles. The zero-order valence-corrected chi connectivity index (χ0v) is 14.4. The number of hydrogen-bond acceptors (Lipinski definition) is 3. The van der Waals surface area contributed by atoms with Gasteiger partial charge in [-0.15, -0.1) is 0 Å². The summed E-state index contributed by atoms with van der Waals surface area (Å²) in [5.41, 5.74) is 4.18. The van der Waals surface area contributed by atoms with Gasteiger partial charge in [-0.05, 0) is 38.0 Å². The van der Waals surface area contributed by atoms with Gasteiger partial charge in [-0.3, -0.25) is 4.79 Å². The van der Waals surface area contributed by atoms with E-state index in [0.29, 0.717) is 18.7 Å². The molecule has 0 radical (unpaired) electrons. The molecule has 1 aliphatic heterocycles. The van der Waals surface area contributed by atoms with Gasteiger partial charge in [-0.2, -0.15) is 0 Å². The third-order valence-electron chi connectivity index (χ3n) is 4.19. The van der Waals surface area contributed by atoms with Crippen LogP contribution in [0.1, 0.15) is 30.0 Å². The summed E-state index contributed by atoms with van der Waals surface area (Å²) >= 11 is 0. The highest BCUT2D eigenvalue weighted by Gasteiger charge is 2.34. The summed E-state index contributed by atoms with van der Waals surface area (Å²) in [5.74, 6) is 0.691. The Morgan fingerprint density at radius 2 is 1.83 bits per heavy atom. The quantitative estimate of drug-likeness (QED) is 0.931. The Balaban J connectivity index is 1.93. The molecule has 24 heavy (non-hydrogen) atoms. The SMILES string of the molecule is CCCN1C(=O)C(Cc2cc(C)cc(C)c2)Oc2cc(O)ccc21. The van der Waals surface area contributed by atoms with E-state index in [2.05, 4.69) is 32.0 Å². The number of anilines is 1. The molecule has 0 aliphatic carbocycles. The Hall–Kier alpha value is -2.49. The highest BCUT2D eigenvalue weighted by molar-refractivity contribution is 6.00. The van der Waals surface area contributed by atoms with Gasteiger partial charge in [0.2, 0.25) is 0 Å². The smallest absolute Gasteiger partial charge is 0.268 e. The van der Waals surface area contributed by atoms with Gasteiger partial charge in [0.1, 0.15) is 11.5 Å². The van der Waals surface area contributed by atoms with Crippen molar-refractivity contribution in [2.24, 2.45) is 0 Å². The van der Waals surface area contributed by atoms with E-state index < -0.39 is 6.10 Å². The molecule has 1 N–H and O–H groups in total. The van der Waals surface area contributed by atoms with Crippen LogP contribution in [0, 0.1) is 13.8 Å². The van der Waals surface area contributed by atoms with E-state index in [9.17, 15) is 9.90 Å². The maximum Gasteiger partial charge on any atom is 0.268 e. The molecule has 1 atom stereocenters. The van der Waals surface area contributed by atoms with Crippen LogP contribution in [-0.4, -0.2) is 23.7 Å². The van der Waals surface area contributed by atoms with Gasteiger partial charge in [-0.25, -0.2) is 0 Å². The highest BCUT2D eigenvalue weighted by Crippen LogP contribution is 2.37. The summed E-state index contributed by atoms with van der Waals surface area (Å²) in [4.78, 5) is 14.6. The topological polar surface area (TPSA) is 49.8 Å². The molecule has 0 fully saturated rings. The van der Waals surface area contributed by atoms with Crippen molar-refractivity contribution in [1.29, 1.82) is 0 Å². The van der Waals surface area contributed by atoms with Crippen molar-refractivity contribution in [3.05, 3.63) is 53.1 Å². The molecule has 126 valence electrons. The molecule has 2 aromatic carbocycles. The summed E-state index contributed by atoms with van der Waals surface area (Å²) in [6.07, 6.45) is 0.825. The monoisotopic (exact) mass is 325 g/mol. The van der Waals surface area contributed by atoms with E-state index >= 15 is 0 Å². The molecule has 1 heterocycles. The normalized spacial score (nSPS) is 16.7. The fourth-order valence-corrected chi connectivity index (χ4v) is 3.30. The van der Waals surface area contributed by atoms with Crippen molar-refractivity contribution in [3.8, 4) is 11.5 Å². The lowest BCUT2D eigenvalue weighted by Crippen LogP contribution is -2.47. The predicted octanol–water partition coefficient (Wildman–Crippen LogP) is 3.76. The highest BCUT2D eigenvalue weighted by atomic mass is 16.5. The molecule has 4 heteroatoms. The third-order valence-corrected chi connectivity index (χ3v) is 4.19.